The molecule has 1 unspecified atom stereocenters. The van der Waals surface area contributed by atoms with Crippen molar-refractivity contribution in [1.29, 1.82) is 0 Å². The molecular formula is C12H9FO2S2. The average Bonchev–Trinajstić information content (AvgIpc) is 2.82. The van der Waals surface area contributed by atoms with Gasteiger partial charge in [0.15, 0.2) is 5.78 Å². The summed E-state index contributed by atoms with van der Waals surface area (Å²) in [6, 6.07) is 8.97. The molecule has 0 aliphatic carbocycles. The zero-order valence-electron chi connectivity index (χ0n) is 8.76. The highest BCUT2D eigenvalue weighted by Crippen LogP contribution is 2.13. The molecule has 0 saturated carbocycles. The Morgan fingerprint density at radius 3 is 2.76 bits per heavy atom. The second-order valence-electron chi connectivity index (χ2n) is 3.35. The fraction of sp³-hybridized carbons (Fsp3) is 0.0833. The Kier molecular flexibility index (Phi) is 3.81. The number of Topliss-reactive ketones (excluding diaryl/α,β-unsaturated/α-hetero) is 1. The Morgan fingerprint density at radius 1 is 1.29 bits per heavy atom. The van der Waals surface area contributed by atoms with Crippen LogP contribution in [0.15, 0.2) is 46.7 Å². The van der Waals surface area contributed by atoms with Gasteiger partial charge in [-0.3, -0.25) is 9.00 Å². The van der Waals surface area contributed by atoms with E-state index >= 15 is 0 Å². The van der Waals surface area contributed by atoms with E-state index in [4.69, 9.17) is 0 Å². The van der Waals surface area contributed by atoms with Gasteiger partial charge in [0, 0.05) is 4.90 Å². The van der Waals surface area contributed by atoms with Crippen molar-refractivity contribution in [2.45, 2.75) is 4.90 Å². The normalized spacial score (nSPS) is 12.3. The second kappa shape index (κ2) is 5.33. The first-order valence-electron chi connectivity index (χ1n) is 4.87. The lowest BCUT2D eigenvalue weighted by molar-refractivity contribution is 0.102. The number of halogens is 1. The van der Waals surface area contributed by atoms with Crippen LogP contribution in [0.2, 0.25) is 0 Å². The van der Waals surface area contributed by atoms with E-state index in [1.807, 2.05) is 0 Å². The van der Waals surface area contributed by atoms with E-state index in [2.05, 4.69) is 0 Å². The van der Waals surface area contributed by atoms with Gasteiger partial charge in [-0.25, -0.2) is 4.39 Å². The van der Waals surface area contributed by atoms with E-state index in [1.165, 1.54) is 29.5 Å². The predicted molar refractivity (Wildman–Crippen MR) is 66.3 cm³/mol. The summed E-state index contributed by atoms with van der Waals surface area (Å²) in [5, 5.41) is 1.79. The molecule has 2 aromatic rings. The topological polar surface area (TPSA) is 34.1 Å². The molecule has 0 amide bonds. The molecule has 0 bridgehead atoms. The molecule has 1 aromatic heterocycles. The first-order chi connectivity index (χ1) is 8.16. The third kappa shape index (κ3) is 3.08. The molecule has 0 aliphatic rings. The van der Waals surface area contributed by atoms with Crippen molar-refractivity contribution in [1.82, 2.24) is 0 Å². The van der Waals surface area contributed by atoms with Crippen molar-refractivity contribution in [3.05, 3.63) is 52.5 Å². The van der Waals surface area contributed by atoms with Crippen molar-refractivity contribution in [3.8, 4) is 0 Å². The summed E-state index contributed by atoms with van der Waals surface area (Å²) in [5.74, 6) is -0.730. The SMILES string of the molecule is O=C(CS(=O)c1cccc(F)c1)c1cccs1. The minimum Gasteiger partial charge on any atom is -0.292 e. The van der Waals surface area contributed by atoms with Crippen molar-refractivity contribution in [2.75, 3.05) is 5.75 Å². The number of ketones is 1. The van der Waals surface area contributed by atoms with E-state index in [9.17, 15) is 13.4 Å². The van der Waals surface area contributed by atoms with Gasteiger partial charge in [0.05, 0.1) is 21.4 Å². The van der Waals surface area contributed by atoms with Gasteiger partial charge in [-0.15, -0.1) is 11.3 Å². The van der Waals surface area contributed by atoms with Crippen LogP contribution in [0.1, 0.15) is 9.67 Å². The van der Waals surface area contributed by atoms with Gasteiger partial charge in [0.2, 0.25) is 0 Å². The Hall–Kier alpha value is -1.33. The van der Waals surface area contributed by atoms with Gasteiger partial charge in [0.1, 0.15) is 5.82 Å². The highest BCUT2D eigenvalue weighted by atomic mass is 32.2. The first-order valence-corrected chi connectivity index (χ1v) is 7.07. The van der Waals surface area contributed by atoms with E-state index in [0.29, 0.717) is 9.77 Å². The van der Waals surface area contributed by atoms with E-state index in [1.54, 1.807) is 23.6 Å². The summed E-state index contributed by atoms with van der Waals surface area (Å²) in [4.78, 5) is 12.6. The fourth-order valence-corrected chi connectivity index (χ4v) is 3.11. The lowest BCUT2D eigenvalue weighted by Crippen LogP contribution is -2.09. The summed E-state index contributed by atoms with van der Waals surface area (Å²) in [6.45, 7) is 0. The van der Waals surface area contributed by atoms with Crippen LogP contribution in [0, 0.1) is 5.82 Å². The molecule has 2 nitrogen and oxygen atoms in total. The van der Waals surface area contributed by atoms with Crippen molar-refractivity contribution >= 4 is 27.9 Å². The number of carbonyl (C=O) groups excluding carboxylic acids is 1. The van der Waals surface area contributed by atoms with Crippen molar-refractivity contribution in [2.24, 2.45) is 0 Å². The predicted octanol–water partition coefficient (Wildman–Crippen LogP) is 2.88. The summed E-state index contributed by atoms with van der Waals surface area (Å²) >= 11 is 1.31. The van der Waals surface area contributed by atoms with Crippen LogP contribution in [0.25, 0.3) is 0 Å². The lowest BCUT2D eigenvalue weighted by Gasteiger charge is -2.00. The van der Waals surface area contributed by atoms with E-state index in [0.717, 1.165) is 0 Å². The molecule has 1 heterocycles. The molecule has 0 N–H and O–H groups in total. The zero-order valence-corrected chi connectivity index (χ0v) is 10.4. The van der Waals surface area contributed by atoms with Gasteiger partial charge in [-0.05, 0) is 29.6 Å². The Labute approximate surface area is 105 Å². The molecule has 88 valence electrons. The number of rotatable bonds is 4. The van der Waals surface area contributed by atoms with E-state index in [-0.39, 0.29) is 11.5 Å². The van der Waals surface area contributed by atoms with Crippen molar-refractivity contribution in [3.63, 3.8) is 0 Å². The summed E-state index contributed by atoms with van der Waals surface area (Å²) in [7, 11) is -1.49. The smallest absolute Gasteiger partial charge is 0.185 e. The molecule has 2 rings (SSSR count). The molecular weight excluding hydrogens is 259 g/mol. The van der Waals surface area contributed by atoms with Gasteiger partial charge in [-0.1, -0.05) is 12.1 Å². The van der Waals surface area contributed by atoms with Crippen LogP contribution in [-0.4, -0.2) is 15.7 Å². The molecule has 0 spiro atoms. The quantitative estimate of drug-likeness (QED) is 0.799. The number of carbonyl (C=O) groups is 1. The molecule has 0 saturated heterocycles. The molecule has 0 aliphatic heterocycles. The third-order valence-corrected chi connectivity index (χ3v) is 4.33. The van der Waals surface area contributed by atoms with Gasteiger partial charge in [0.25, 0.3) is 0 Å². The summed E-state index contributed by atoms with van der Waals surface area (Å²) in [6.07, 6.45) is 0. The van der Waals surface area contributed by atoms with Crippen LogP contribution in [0.5, 0.6) is 0 Å². The maximum atomic E-state index is 12.9. The third-order valence-electron chi connectivity index (χ3n) is 2.12. The lowest BCUT2D eigenvalue weighted by atomic mass is 10.3. The standard InChI is InChI=1S/C12H9FO2S2/c13-9-3-1-4-10(7-9)17(15)8-11(14)12-5-2-6-16-12/h1-7H,8H2. The van der Waals surface area contributed by atoms with E-state index < -0.39 is 16.6 Å². The van der Waals surface area contributed by atoms with Crippen LogP contribution < -0.4 is 0 Å². The first kappa shape index (κ1) is 12.1. The highest BCUT2D eigenvalue weighted by Gasteiger charge is 2.13. The molecule has 17 heavy (non-hydrogen) atoms. The molecule has 0 radical (unpaired) electrons. The maximum Gasteiger partial charge on any atom is 0.185 e. The molecule has 0 fully saturated rings. The highest BCUT2D eigenvalue weighted by molar-refractivity contribution is 7.85. The maximum absolute atomic E-state index is 12.9. The Bertz CT molecular complexity index is 549. The monoisotopic (exact) mass is 268 g/mol. The summed E-state index contributed by atoms with van der Waals surface area (Å²) in [5.41, 5.74) is 0. The number of benzene rings is 1. The number of hydrogen-bond acceptors (Lipinski definition) is 3. The van der Waals surface area contributed by atoms with Crippen LogP contribution in [0.3, 0.4) is 0 Å². The van der Waals surface area contributed by atoms with Gasteiger partial charge in [-0.2, -0.15) is 0 Å². The minimum absolute atomic E-state index is 0.107. The average molecular weight is 268 g/mol. The second-order valence-corrected chi connectivity index (χ2v) is 5.75. The van der Waals surface area contributed by atoms with Gasteiger partial charge >= 0.3 is 0 Å². The Balaban J connectivity index is 2.10. The molecule has 1 aromatic carbocycles. The number of thiophene rings is 1. The zero-order chi connectivity index (χ0) is 12.3. The fourth-order valence-electron chi connectivity index (χ4n) is 1.32. The minimum atomic E-state index is -1.49. The molecule has 1 atom stereocenters. The Morgan fingerprint density at radius 2 is 2.12 bits per heavy atom. The summed E-state index contributed by atoms with van der Waals surface area (Å²) < 4.78 is 24.8. The van der Waals surface area contributed by atoms with Crippen LogP contribution in [0.4, 0.5) is 4.39 Å². The van der Waals surface area contributed by atoms with Crippen molar-refractivity contribution < 1.29 is 13.4 Å². The largest absolute Gasteiger partial charge is 0.292 e. The molecule has 5 heteroatoms. The van der Waals surface area contributed by atoms with Crippen LogP contribution >= 0.6 is 11.3 Å². The van der Waals surface area contributed by atoms with Gasteiger partial charge < -0.3 is 0 Å². The van der Waals surface area contributed by atoms with Crippen LogP contribution in [-0.2, 0) is 10.8 Å². The number of hydrogen-bond donors (Lipinski definition) is 0.